The Labute approximate surface area is 186 Å². The molecule has 0 bridgehead atoms. The SMILES string of the molecule is Cc1ccc(C(=O)Nc2nc3c(s2)c(C(=O)NC(C)CN(C)C)nn3C(C)(C)C)cc1. The number of anilines is 1. The van der Waals surface area contributed by atoms with Crippen LogP contribution in [0.2, 0.25) is 0 Å². The lowest BCUT2D eigenvalue weighted by atomic mass is 10.1. The van der Waals surface area contributed by atoms with Crippen molar-refractivity contribution < 1.29 is 9.59 Å². The highest BCUT2D eigenvalue weighted by Gasteiger charge is 2.28. The van der Waals surface area contributed by atoms with Crippen LogP contribution in [0.15, 0.2) is 24.3 Å². The second-order valence-corrected chi connectivity index (χ2v) is 10.1. The molecule has 0 aliphatic rings. The third kappa shape index (κ3) is 5.29. The van der Waals surface area contributed by atoms with E-state index in [2.05, 4.69) is 20.7 Å². The van der Waals surface area contributed by atoms with Crippen LogP contribution >= 0.6 is 11.3 Å². The molecule has 2 N–H and O–H groups in total. The topological polar surface area (TPSA) is 92.2 Å². The first-order valence-electron chi connectivity index (χ1n) is 10.2. The van der Waals surface area contributed by atoms with E-state index in [0.717, 1.165) is 12.1 Å². The highest BCUT2D eigenvalue weighted by Crippen LogP contribution is 2.32. The quantitative estimate of drug-likeness (QED) is 0.610. The first kappa shape index (κ1) is 22.9. The molecular weight excluding hydrogens is 412 g/mol. The Kier molecular flexibility index (Phi) is 6.47. The van der Waals surface area contributed by atoms with E-state index in [1.54, 1.807) is 16.8 Å². The van der Waals surface area contributed by atoms with Crippen molar-refractivity contribution in [1.29, 1.82) is 0 Å². The van der Waals surface area contributed by atoms with E-state index in [9.17, 15) is 9.59 Å². The monoisotopic (exact) mass is 442 g/mol. The number of aryl methyl sites for hydroxylation is 1. The molecular formula is C22H30N6O2S. The number of nitrogens with one attached hydrogen (secondary N) is 2. The predicted molar refractivity (Wildman–Crippen MR) is 125 cm³/mol. The number of thiazole rings is 1. The summed E-state index contributed by atoms with van der Waals surface area (Å²) >= 11 is 1.26. The number of amides is 2. The summed E-state index contributed by atoms with van der Waals surface area (Å²) in [5.74, 6) is -0.486. The number of carbonyl (C=O) groups is 2. The number of rotatable bonds is 6. The molecule has 3 rings (SSSR count). The molecule has 0 aliphatic heterocycles. The fraction of sp³-hybridized carbons (Fsp3) is 0.455. The summed E-state index contributed by atoms with van der Waals surface area (Å²) in [5, 5.41) is 10.9. The number of likely N-dealkylation sites (N-methyl/N-ethyl adjacent to an activating group) is 1. The molecule has 166 valence electrons. The number of hydrogen-bond donors (Lipinski definition) is 2. The van der Waals surface area contributed by atoms with E-state index >= 15 is 0 Å². The second-order valence-electron chi connectivity index (χ2n) is 9.06. The third-order valence-electron chi connectivity index (χ3n) is 4.63. The molecule has 0 saturated heterocycles. The molecule has 0 aliphatic carbocycles. The van der Waals surface area contributed by atoms with E-state index in [1.165, 1.54) is 11.3 Å². The van der Waals surface area contributed by atoms with Gasteiger partial charge in [0.1, 0.15) is 4.70 Å². The van der Waals surface area contributed by atoms with Gasteiger partial charge in [0.25, 0.3) is 11.8 Å². The summed E-state index contributed by atoms with van der Waals surface area (Å²) in [6.07, 6.45) is 0. The number of aromatic nitrogens is 3. The molecule has 2 heterocycles. The van der Waals surface area contributed by atoms with Gasteiger partial charge in [0.15, 0.2) is 16.5 Å². The average molecular weight is 443 g/mol. The minimum absolute atomic E-state index is 0.0361. The van der Waals surface area contributed by atoms with Crippen molar-refractivity contribution in [3.05, 3.63) is 41.1 Å². The zero-order valence-electron chi connectivity index (χ0n) is 19.1. The lowest BCUT2D eigenvalue weighted by Gasteiger charge is -2.19. The van der Waals surface area contributed by atoms with Crippen molar-refractivity contribution in [2.75, 3.05) is 26.0 Å². The normalized spacial score (nSPS) is 12.9. The zero-order valence-corrected chi connectivity index (χ0v) is 19.9. The van der Waals surface area contributed by atoms with Crippen molar-refractivity contribution in [1.82, 2.24) is 25.0 Å². The zero-order chi connectivity index (χ0) is 22.9. The summed E-state index contributed by atoms with van der Waals surface area (Å²) in [6.45, 7) is 10.6. The van der Waals surface area contributed by atoms with E-state index in [-0.39, 0.29) is 23.4 Å². The van der Waals surface area contributed by atoms with Crippen molar-refractivity contribution in [2.24, 2.45) is 0 Å². The van der Waals surface area contributed by atoms with Crippen molar-refractivity contribution in [2.45, 2.75) is 46.2 Å². The summed E-state index contributed by atoms with van der Waals surface area (Å²) in [7, 11) is 3.92. The fourth-order valence-corrected chi connectivity index (χ4v) is 4.15. The maximum absolute atomic E-state index is 13.0. The van der Waals surface area contributed by atoms with Crippen LogP contribution in [0.3, 0.4) is 0 Å². The van der Waals surface area contributed by atoms with Crippen molar-refractivity contribution in [3.8, 4) is 0 Å². The van der Waals surface area contributed by atoms with Crippen LogP contribution in [0.1, 0.15) is 54.1 Å². The molecule has 2 aromatic heterocycles. The van der Waals surface area contributed by atoms with E-state index in [0.29, 0.717) is 26.7 Å². The van der Waals surface area contributed by atoms with Gasteiger partial charge in [-0.1, -0.05) is 29.0 Å². The lowest BCUT2D eigenvalue weighted by Crippen LogP contribution is -2.39. The molecule has 1 unspecified atom stereocenters. The minimum Gasteiger partial charge on any atom is -0.347 e. The largest absolute Gasteiger partial charge is 0.347 e. The molecule has 0 saturated carbocycles. The molecule has 3 aromatic rings. The molecule has 9 heteroatoms. The number of nitrogens with zero attached hydrogens (tertiary/aromatic N) is 4. The lowest BCUT2D eigenvalue weighted by molar-refractivity contribution is 0.0928. The Balaban J connectivity index is 1.93. The third-order valence-corrected chi connectivity index (χ3v) is 5.59. The van der Waals surface area contributed by atoms with Crippen molar-refractivity contribution in [3.63, 3.8) is 0 Å². The van der Waals surface area contributed by atoms with E-state index in [1.807, 2.05) is 65.7 Å². The Bertz CT molecular complexity index is 1090. The Morgan fingerprint density at radius 3 is 2.39 bits per heavy atom. The molecule has 0 spiro atoms. The fourth-order valence-electron chi connectivity index (χ4n) is 3.23. The Morgan fingerprint density at radius 1 is 1.16 bits per heavy atom. The first-order valence-corrected chi connectivity index (χ1v) is 11.0. The van der Waals surface area contributed by atoms with Crippen LogP contribution in [0, 0.1) is 6.92 Å². The van der Waals surface area contributed by atoms with Crippen LogP contribution in [0.4, 0.5) is 5.13 Å². The van der Waals surface area contributed by atoms with Crippen LogP contribution in [0.25, 0.3) is 10.3 Å². The van der Waals surface area contributed by atoms with Gasteiger partial charge in [0, 0.05) is 18.2 Å². The molecule has 0 radical (unpaired) electrons. The smallest absolute Gasteiger partial charge is 0.273 e. The maximum atomic E-state index is 13.0. The predicted octanol–water partition coefficient (Wildman–Crippen LogP) is 3.49. The van der Waals surface area contributed by atoms with Crippen LogP contribution < -0.4 is 10.6 Å². The van der Waals surface area contributed by atoms with Gasteiger partial charge in [-0.3, -0.25) is 14.9 Å². The van der Waals surface area contributed by atoms with Crippen molar-refractivity contribution >= 4 is 38.6 Å². The average Bonchev–Trinajstić information content (AvgIpc) is 3.19. The number of hydrogen-bond acceptors (Lipinski definition) is 6. The number of fused-ring (bicyclic) bond motifs is 1. The number of benzene rings is 1. The first-order chi connectivity index (χ1) is 14.5. The summed E-state index contributed by atoms with van der Waals surface area (Å²) in [4.78, 5) is 32.2. The van der Waals surface area contributed by atoms with Gasteiger partial charge in [-0.05, 0) is 60.8 Å². The van der Waals surface area contributed by atoms with Gasteiger partial charge in [0.05, 0.1) is 5.54 Å². The second kappa shape index (κ2) is 8.76. The molecule has 1 aromatic carbocycles. The van der Waals surface area contributed by atoms with Gasteiger partial charge >= 0.3 is 0 Å². The van der Waals surface area contributed by atoms with Gasteiger partial charge in [-0.25, -0.2) is 4.68 Å². The Morgan fingerprint density at radius 2 is 1.81 bits per heavy atom. The molecule has 31 heavy (non-hydrogen) atoms. The van der Waals surface area contributed by atoms with E-state index in [4.69, 9.17) is 0 Å². The molecule has 1 atom stereocenters. The summed E-state index contributed by atoms with van der Waals surface area (Å²) in [6, 6.07) is 7.30. The number of carbonyl (C=O) groups excluding carboxylic acids is 2. The highest BCUT2D eigenvalue weighted by molar-refractivity contribution is 7.22. The summed E-state index contributed by atoms with van der Waals surface area (Å²) in [5.41, 5.74) is 2.17. The molecule has 0 fully saturated rings. The van der Waals surface area contributed by atoms with Crippen LogP contribution in [-0.2, 0) is 5.54 Å². The van der Waals surface area contributed by atoms with Gasteiger partial charge in [-0.15, -0.1) is 0 Å². The standard InChI is InChI=1S/C22H30N6O2S/c1-13-8-10-15(11-9-13)19(29)25-21-24-18-17(31-21)16(26-28(18)22(3,4)5)20(30)23-14(2)12-27(6)7/h8-11,14H,12H2,1-7H3,(H,23,30)(H,24,25,29). The minimum atomic E-state index is -0.377. The van der Waals surface area contributed by atoms with Gasteiger partial charge < -0.3 is 10.2 Å². The summed E-state index contributed by atoms with van der Waals surface area (Å²) < 4.78 is 2.40. The van der Waals surface area contributed by atoms with Gasteiger partial charge in [-0.2, -0.15) is 10.1 Å². The molecule has 2 amide bonds. The highest BCUT2D eigenvalue weighted by atomic mass is 32.1. The molecule has 8 nitrogen and oxygen atoms in total. The maximum Gasteiger partial charge on any atom is 0.273 e. The van der Waals surface area contributed by atoms with Crippen LogP contribution in [-0.4, -0.2) is 58.2 Å². The van der Waals surface area contributed by atoms with Crippen LogP contribution in [0.5, 0.6) is 0 Å². The van der Waals surface area contributed by atoms with E-state index < -0.39 is 0 Å². The Hall–Kier alpha value is -2.78. The van der Waals surface area contributed by atoms with Gasteiger partial charge in [0.2, 0.25) is 0 Å².